The molecule has 32 heavy (non-hydrogen) atoms. The molecule has 1 aromatic heterocycles. The van der Waals surface area contributed by atoms with Crippen LogP contribution >= 0.6 is 15.9 Å². The summed E-state index contributed by atoms with van der Waals surface area (Å²) in [6.45, 7) is 8.14. The molecule has 0 bridgehead atoms. The highest BCUT2D eigenvalue weighted by atomic mass is 79.9. The minimum Gasteiger partial charge on any atom is -0.361 e. The second kappa shape index (κ2) is 9.68. The van der Waals surface area contributed by atoms with Crippen molar-refractivity contribution in [2.45, 2.75) is 37.8 Å². The van der Waals surface area contributed by atoms with Crippen molar-refractivity contribution in [1.29, 1.82) is 0 Å². The van der Waals surface area contributed by atoms with E-state index < -0.39 is 0 Å². The number of aromatic nitrogens is 1. The summed E-state index contributed by atoms with van der Waals surface area (Å²) in [6, 6.07) is 17.8. The quantitative estimate of drug-likeness (QED) is 0.472. The highest BCUT2D eigenvalue weighted by Gasteiger charge is 2.41. The maximum atomic E-state index is 3.61. The molecule has 3 heterocycles. The van der Waals surface area contributed by atoms with Crippen molar-refractivity contribution >= 4 is 26.8 Å². The van der Waals surface area contributed by atoms with Gasteiger partial charge in [-0.3, -0.25) is 4.90 Å². The van der Waals surface area contributed by atoms with Gasteiger partial charge in [-0.2, -0.15) is 0 Å². The number of fused-ring (bicyclic) bond motifs is 1. The molecule has 1 N–H and O–H groups in total. The molecule has 5 heteroatoms. The average Bonchev–Trinajstić information content (AvgIpc) is 3.50. The van der Waals surface area contributed by atoms with Crippen molar-refractivity contribution in [2.75, 3.05) is 46.3 Å². The van der Waals surface area contributed by atoms with Crippen LogP contribution in [0.2, 0.25) is 0 Å². The van der Waals surface area contributed by atoms with Crippen LogP contribution in [-0.4, -0.2) is 66.0 Å². The number of nitrogens with zero attached hydrogens (tertiary/aromatic N) is 3. The first-order valence-corrected chi connectivity index (χ1v) is 12.9. The van der Waals surface area contributed by atoms with Gasteiger partial charge in [-0.15, -0.1) is 0 Å². The molecular weight excluding hydrogens is 460 g/mol. The predicted molar refractivity (Wildman–Crippen MR) is 137 cm³/mol. The van der Waals surface area contributed by atoms with Crippen LogP contribution in [0.15, 0.2) is 59.2 Å². The molecule has 4 nitrogen and oxygen atoms in total. The third-order valence-corrected chi connectivity index (χ3v) is 8.17. The summed E-state index contributed by atoms with van der Waals surface area (Å²) in [4.78, 5) is 11.3. The highest BCUT2D eigenvalue weighted by Crippen LogP contribution is 2.40. The lowest BCUT2D eigenvalue weighted by Crippen LogP contribution is -2.53. The van der Waals surface area contributed by atoms with Gasteiger partial charge in [0.2, 0.25) is 0 Å². The van der Waals surface area contributed by atoms with Crippen LogP contribution < -0.4 is 0 Å². The maximum Gasteiger partial charge on any atom is 0.0484 e. The zero-order valence-corrected chi connectivity index (χ0v) is 20.8. The van der Waals surface area contributed by atoms with Crippen LogP contribution in [0, 0.1) is 0 Å². The Labute approximate surface area is 200 Å². The smallest absolute Gasteiger partial charge is 0.0484 e. The molecule has 0 spiro atoms. The number of likely N-dealkylation sites (tertiary alicyclic amines) is 2. The molecule has 170 valence electrons. The Hall–Kier alpha value is -1.66. The van der Waals surface area contributed by atoms with Crippen LogP contribution in [0.1, 0.15) is 36.8 Å². The number of aromatic amines is 1. The number of likely N-dealkylation sites (N-methyl/N-ethyl adjacent to an activating group) is 1. The Balaban J connectivity index is 1.18. The largest absolute Gasteiger partial charge is 0.361 e. The van der Waals surface area contributed by atoms with E-state index in [0.29, 0.717) is 0 Å². The van der Waals surface area contributed by atoms with Gasteiger partial charge in [0.15, 0.2) is 0 Å². The third kappa shape index (κ3) is 4.54. The van der Waals surface area contributed by atoms with Gasteiger partial charge in [-0.05, 0) is 75.1 Å². The molecule has 2 aliphatic rings. The SMILES string of the molecule is CN(CCN1CCC(c2ccccc2)(N2CCCC2)CC1)Cc1c[nH]c2ccc(Br)cc12. The molecule has 0 saturated carbocycles. The molecule has 5 rings (SSSR count). The Morgan fingerprint density at radius 1 is 1.00 bits per heavy atom. The zero-order chi connectivity index (χ0) is 22.0. The Morgan fingerprint density at radius 2 is 1.75 bits per heavy atom. The molecule has 2 saturated heterocycles. The van der Waals surface area contributed by atoms with Gasteiger partial charge in [-0.1, -0.05) is 46.3 Å². The Morgan fingerprint density at radius 3 is 2.50 bits per heavy atom. The third-order valence-electron chi connectivity index (χ3n) is 7.67. The van der Waals surface area contributed by atoms with Gasteiger partial charge in [-0.25, -0.2) is 0 Å². The Kier molecular flexibility index (Phi) is 6.70. The number of H-pyrrole nitrogens is 1. The lowest BCUT2D eigenvalue weighted by Gasteiger charge is -2.48. The zero-order valence-electron chi connectivity index (χ0n) is 19.2. The molecule has 2 aromatic carbocycles. The second-order valence-corrected chi connectivity index (χ2v) is 10.6. The lowest BCUT2D eigenvalue weighted by molar-refractivity contribution is 0.0316. The number of nitrogens with one attached hydrogen (secondary N) is 1. The molecule has 3 aromatic rings. The number of hydrogen-bond donors (Lipinski definition) is 1. The topological polar surface area (TPSA) is 25.5 Å². The summed E-state index contributed by atoms with van der Waals surface area (Å²) in [5, 5.41) is 1.32. The maximum absolute atomic E-state index is 3.61. The minimum atomic E-state index is 0.248. The first-order valence-electron chi connectivity index (χ1n) is 12.1. The lowest BCUT2D eigenvalue weighted by atomic mass is 9.79. The van der Waals surface area contributed by atoms with Gasteiger partial charge in [0.1, 0.15) is 0 Å². The first-order chi connectivity index (χ1) is 15.6. The van der Waals surface area contributed by atoms with Crippen molar-refractivity contribution in [2.24, 2.45) is 0 Å². The monoisotopic (exact) mass is 494 g/mol. The van der Waals surface area contributed by atoms with E-state index in [0.717, 1.165) is 24.1 Å². The Bertz CT molecular complexity index is 1020. The van der Waals surface area contributed by atoms with E-state index in [4.69, 9.17) is 0 Å². The van der Waals surface area contributed by atoms with E-state index in [1.807, 2.05) is 0 Å². The predicted octanol–water partition coefficient (Wildman–Crippen LogP) is 5.45. The summed E-state index contributed by atoms with van der Waals surface area (Å²) in [6.07, 6.45) is 7.37. The van der Waals surface area contributed by atoms with Crippen molar-refractivity contribution < 1.29 is 0 Å². The van der Waals surface area contributed by atoms with Gasteiger partial charge >= 0.3 is 0 Å². The number of rotatable bonds is 7. The molecule has 0 amide bonds. The molecular formula is C27H35BrN4. The standard InChI is InChI=1S/C27H35BrN4/c1-30(21-22-20-29-26-10-9-24(28)19-25(22)26)17-18-31-15-11-27(12-16-31,32-13-5-6-14-32)23-7-3-2-4-8-23/h2-4,7-10,19-20,29H,5-6,11-18,21H2,1H3. The summed E-state index contributed by atoms with van der Waals surface area (Å²) in [7, 11) is 2.25. The average molecular weight is 496 g/mol. The van der Waals surface area contributed by atoms with Crippen molar-refractivity contribution in [1.82, 2.24) is 19.7 Å². The number of hydrogen-bond acceptors (Lipinski definition) is 3. The van der Waals surface area contributed by atoms with E-state index in [-0.39, 0.29) is 5.54 Å². The minimum absolute atomic E-state index is 0.248. The second-order valence-electron chi connectivity index (χ2n) is 9.68. The fourth-order valence-electron chi connectivity index (χ4n) is 5.79. The normalized spacial score (nSPS) is 19.8. The fourth-order valence-corrected chi connectivity index (χ4v) is 6.15. The van der Waals surface area contributed by atoms with Crippen molar-refractivity contribution in [3.05, 3.63) is 70.3 Å². The highest BCUT2D eigenvalue weighted by molar-refractivity contribution is 9.10. The van der Waals surface area contributed by atoms with Crippen LogP contribution in [0.3, 0.4) is 0 Å². The van der Waals surface area contributed by atoms with E-state index in [1.165, 1.54) is 73.9 Å². The number of benzene rings is 2. The van der Waals surface area contributed by atoms with Crippen molar-refractivity contribution in [3.8, 4) is 0 Å². The van der Waals surface area contributed by atoms with Gasteiger partial charge in [0.05, 0.1) is 0 Å². The van der Waals surface area contributed by atoms with Crippen LogP contribution in [0.25, 0.3) is 10.9 Å². The van der Waals surface area contributed by atoms with Gasteiger partial charge in [0.25, 0.3) is 0 Å². The number of piperidine rings is 1. The molecule has 0 unspecified atom stereocenters. The molecule has 2 aliphatic heterocycles. The molecule has 0 radical (unpaired) electrons. The molecule has 2 fully saturated rings. The van der Waals surface area contributed by atoms with Crippen LogP contribution in [0.4, 0.5) is 0 Å². The van der Waals surface area contributed by atoms with E-state index in [9.17, 15) is 0 Å². The van der Waals surface area contributed by atoms with Crippen molar-refractivity contribution in [3.63, 3.8) is 0 Å². The van der Waals surface area contributed by atoms with E-state index in [1.54, 1.807) is 0 Å². The summed E-state index contributed by atoms with van der Waals surface area (Å²) < 4.78 is 1.14. The molecule has 0 atom stereocenters. The van der Waals surface area contributed by atoms with E-state index >= 15 is 0 Å². The van der Waals surface area contributed by atoms with E-state index in [2.05, 4.69) is 97.4 Å². The van der Waals surface area contributed by atoms with Crippen LogP contribution in [-0.2, 0) is 12.1 Å². The fraction of sp³-hybridized carbons (Fsp3) is 0.481. The van der Waals surface area contributed by atoms with Crippen LogP contribution in [0.5, 0.6) is 0 Å². The summed E-state index contributed by atoms with van der Waals surface area (Å²) >= 11 is 3.61. The van der Waals surface area contributed by atoms with Gasteiger partial charge < -0.3 is 14.8 Å². The first kappa shape index (κ1) is 22.1. The summed E-state index contributed by atoms with van der Waals surface area (Å²) in [5.41, 5.74) is 4.37. The van der Waals surface area contributed by atoms with Gasteiger partial charge in [0, 0.05) is 59.8 Å². The summed E-state index contributed by atoms with van der Waals surface area (Å²) in [5.74, 6) is 0. The molecule has 0 aliphatic carbocycles. The number of halogens is 1.